The van der Waals surface area contributed by atoms with Crippen LogP contribution in [0, 0.1) is 13.8 Å². The smallest absolute Gasteiger partial charge is 0.313 e. The predicted octanol–water partition coefficient (Wildman–Crippen LogP) is 4.17. The van der Waals surface area contributed by atoms with Crippen LogP contribution in [-0.2, 0) is 9.59 Å². The van der Waals surface area contributed by atoms with Crippen LogP contribution in [0.1, 0.15) is 36.6 Å². The first kappa shape index (κ1) is 19.8. The Bertz CT molecular complexity index is 821. The van der Waals surface area contributed by atoms with Crippen molar-refractivity contribution in [2.24, 2.45) is 0 Å². The molecule has 1 atom stereocenters. The molecule has 0 aliphatic carbocycles. The third-order valence-corrected chi connectivity index (χ3v) is 4.41. The number of benzene rings is 2. The van der Waals surface area contributed by atoms with Crippen LogP contribution < -0.4 is 15.4 Å². The summed E-state index contributed by atoms with van der Waals surface area (Å²) in [6.07, 6.45) is 0. The van der Waals surface area contributed by atoms with Crippen LogP contribution in [0.4, 0.5) is 5.69 Å². The quantitative estimate of drug-likeness (QED) is 0.772. The number of halogens is 1. The van der Waals surface area contributed by atoms with Gasteiger partial charge in [0.2, 0.25) is 0 Å². The molecule has 2 rings (SSSR count). The molecule has 138 valence electrons. The maximum atomic E-state index is 12.3. The lowest BCUT2D eigenvalue weighted by atomic mass is 10.0. The van der Waals surface area contributed by atoms with E-state index < -0.39 is 11.8 Å². The Hall–Kier alpha value is -2.53. The molecule has 0 aromatic heterocycles. The summed E-state index contributed by atoms with van der Waals surface area (Å²) in [5.41, 5.74) is 3.09. The van der Waals surface area contributed by atoms with Crippen molar-refractivity contribution in [2.75, 3.05) is 11.9 Å². The first-order valence-electron chi connectivity index (χ1n) is 8.43. The number of anilines is 1. The minimum Gasteiger partial charge on any atom is -0.494 e. The normalized spacial score (nSPS) is 11.6. The SMILES string of the molecule is CCOc1ccc(C)cc1C(C)NC(=O)C(=O)Nc1cccc(Cl)c1C. The van der Waals surface area contributed by atoms with E-state index >= 15 is 0 Å². The monoisotopic (exact) mass is 374 g/mol. The number of amides is 2. The lowest BCUT2D eigenvalue weighted by Gasteiger charge is -2.18. The Morgan fingerprint density at radius 3 is 2.58 bits per heavy atom. The molecule has 26 heavy (non-hydrogen) atoms. The molecule has 0 spiro atoms. The van der Waals surface area contributed by atoms with Gasteiger partial charge >= 0.3 is 11.8 Å². The number of rotatable bonds is 5. The Morgan fingerprint density at radius 2 is 1.88 bits per heavy atom. The third-order valence-electron chi connectivity index (χ3n) is 4.00. The van der Waals surface area contributed by atoms with Crippen LogP contribution in [0.5, 0.6) is 5.75 Å². The van der Waals surface area contributed by atoms with Crippen molar-refractivity contribution in [3.63, 3.8) is 0 Å². The van der Waals surface area contributed by atoms with Crippen LogP contribution >= 0.6 is 11.6 Å². The lowest BCUT2D eigenvalue weighted by molar-refractivity contribution is -0.136. The van der Waals surface area contributed by atoms with E-state index in [1.165, 1.54) is 0 Å². The highest BCUT2D eigenvalue weighted by molar-refractivity contribution is 6.40. The van der Waals surface area contributed by atoms with Crippen molar-refractivity contribution in [1.82, 2.24) is 5.32 Å². The van der Waals surface area contributed by atoms with Gasteiger partial charge in [-0.1, -0.05) is 35.4 Å². The molecule has 0 radical (unpaired) electrons. The van der Waals surface area contributed by atoms with Crippen molar-refractivity contribution in [2.45, 2.75) is 33.7 Å². The second-order valence-corrected chi connectivity index (χ2v) is 6.44. The second-order valence-electron chi connectivity index (χ2n) is 6.04. The van der Waals surface area contributed by atoms with Gasteiger partial charge in [0, 0.05) is 16.3 Å². The van der Waals surface area contributed by atoms with Gasteiger partial charge < -0.3 is 15.4 Å². The summed E-state index contributed by atoms with van der Waals surface area (Å²) in [5.74, 6) is -0.773. The largest absolute Gasteiger partial charge is 0.494 e. The van der Waals surface area contributed by atoms with Crippen LogP contribution in [-0.4, -0.2) is 18.4 Å². The van der Waals surface area contributed by atoms with Gasteiger partial charge in [0.15, 0.2) is 0 Å². The van der Waals surface area contributed by atoms with Crippen LogP contribution in [0.15, 0.2) is 36.4 Å². The number of hydrogen-bond acceptors (Lipinski definition) is 3. The highest BCUT2D eigenvalue weighted by Gasteiger charge is 2.20. The van der Waals surface area contributed by atoms with Gasteiger partial charge in [0.05, 0.1) is 12.6 Å². The van der Waals surface area contributed by atoms with E-state index in [9.17, 15) is 9.59 Å². The number of ether oxygens (including phenoxy) is 1. The van der Waals surface area contributed by atoms with Crippen LogP contribution in [0.2, 0.25) is 5.02 Å². The molecule has 0 saturated carbocycles. The van der Waals surface area contributed by atoms with Crippen molar-refractivity contribution in [3.05, 3.63) is 58.1 Å². The Balaban J connectivity index is 2.10. The molecule has 5 nitrogen and oxygen atoms in total. The molecule has 6 heteroatoms. The number of hydrogen-bond donors (Lipinski definition) is 2. The lowest BCUT2D eigenvalue weighted by Crippen LogP contribution is -2.37. The maximum absolute atomic E-state index is 12.3. The zero-order valence-corrected chi connectivity index (χ0v) is 16.1. The Morgan fingerprint density at radius 1 is 1.15 bits per heavy atom. The van der Waals surface area contributed by atoms with E-state index in [1.54, 1.807) is 25.1 Å². The molecule has 0 aliphatic heterocycles. The van der Waals surface area contributed by atoms with Gasteiger partial charge in [0.1, 0.15) is 5.75 Å². The van der Waals surface area contributed by atoms with Crippen molar-refractivity contribution in [3.8, 4) is 5.75 Å². The molecular formula is C20H23ClN2O3. The van der Waals surface area contributed by atoms with Gasteiger partial charge in [-0.3, -0.25) is 9.59 Å². The highest BCUT2D eigenvalue weighted by atomic mass is 35.5. The van der Waals surface area contributed by atoms with Gasteiger partial charge in [-0.2, -0.15) is 0 Å². The van der Waals surface area contributed by atoms with Crippen molar-refractivity contribution >= 4 is 29.1 Å². The highest BCUT2D eigenvalue weighted by Crippen LogP contribution is 2.27. The maximum Gasteiger partial charge on any atom is 0.313 e. The van der Waals surface area contributed by atoms with E-state index in [-0.39, 0.29) is 6.04 Å². The standard InChI is InChI=1S/C20H23ClN2O3/c1-5-26-18-10-9-12(2)11-15(18)14(4)22-19(24)20(25)23-17-8-6-7-16(21)13(17)3/h6-11,14H,5H2,1-4H3,(H,22,24)(H,23,25). The van der Waals surface area contributed by atoms with E-state index in [4.69, 9.17) is 16.3 Å². The molecule has 0 bridgehead atoms. The summed E-state index contributed by atoms with van der Waals surface area (Å²) in [4.78, 5) is 24.5. The summed E-state index contributed by atoms with van der Waals surface area (Å²) >= 11 is 6.04. The summed E-state index contributed by atoms with van der Waals surface area (Å²) in [6.45, 7) is 7.97. The Labute approximate surface area is 158 Å². The fourth-order valence-corrected chi connectivity index (χ4v) is 2.73. The van der Waals surface area contributed by atoms with E-state index in [0.29, 0.717) is 28.6 Å². The first-order chi connectivity index (χ1) is 12.3. The molecule has 2 N–H and O–H groups in total. The average Bonchev–Trinajstić information content (AvgIpc) is 2.60. The van der Waals surface area contributed by atoms with E-state index in [2.05, 4.69) is 10.6 Å². The fourth-order valence-electron chi connectivity index (χ4n) is 2.56. The van der Waals surface area contributed by atoms with Gasteiger partial charge in [0.25, 0.3) is 0 Å². The van der Waals surface area contributed by atoms with E-state index in [1.807, 2.05) is 39.0 Å². The summed E-state index contributed by atoms with van der Waals surface area (Å²) in [5, 5.41) is 5.83. The van der Waals surface area contributed by atoms with Crippen LogP contribution in [0.25, 0.3) is 0 Å². The molecule has 0 saturated heterocycles. The number of aryl methyl sites for hydroxylation is 1. The number of carbonyl (C=O) groups is 2. The second kappa shape index (κ2) is 8.72. The zero-order valence-electron chi connectivity index (χ0n) is 15.4. The first-order valence-corrected chi connectivity index (χ1v) is 8.81. The molecular weight excluding hydrogens is 352 g/mol. The summed E-state index contributed by atoms with van der Waals surface area (Å²) < 4.78 is 5.61. The van der Waals surface area contributed by atoms with Crippen molar-refractivity contribution < 1.29 is 14.3 Å². The molecule has 0 heterocycles. The average molecular weight is 375 g/mol. The van der Waals surface area contributed by atoms with Crippen LogP contribution in [0.3, 0.4) is 0 Å². The molecule has 0 aliphatic rings. The molecule has 2 amide bonds. The summed E-state index contributed by atoms with van der Waals surface area (Å²) in [6, 6.07) is 10.5. The number of carbonyl (C=O) groups excluding carboxylic acids is 2. The van der Waals surface area contributed by atoms with Crippen molar-refractivity contribution in [1.29, 1.82) is 0 Å². The van der Waals surface area contributed by atoms with Gasteiger partial charge in [-0.15, -0.1) is 0 Å². The fraction of sp³-hybridized carbons (Fsp3) is 0.300. The molecule has 2 aromatic rings. The molecule has 1 unspecified atom stereocenters. The van der Waals surface area contributed by atoms with Gasteiger partial charge in [-0.05, 0) is 51.5 Å². The van der Waals surface area contributed by atoms with E-state index in [0.717, 1.165) is 11.1 Å². The minimum absolute atomic E-state index is 0.379. The summed E-state index contributed by atoms with van der Waals surface area (Å²) in [7, 11) is 0. The number of nitrogens with one attached hydrogen (secondary N) is 2. The third kappa shape index (κ3) is 4.76. The van der Waals surface area contributed by atoms with Gasteiger partial charge in [-0.25, -0.2) is 0 Å². The predicted molar refractivity (Wildman–Crippen MR) is 104 cm³/mol. The minimum atomic E-state index is -0.743. The topological polar surface area (TPSA) is 67.4 Å². The zero-order chi connectivity index (χ0) is 19.3. The molecule has 2 aromatic carbocycles. The molecule has 0 fully saturated rings. The Kier molecular flexibility index (Phi) is 6.64.